The van der Waals surface area contributed by atoms with Crippen LogP contribution in [-0.2, 0) is 28.6 Å². The molecule has 1 rings (SSSR count). The van der Waals surface area contributed by atoms with Crippen LogP contribution in [0.15, 0.2) is 14.4 Å². The van der Waals surface area contributed by atoms with Crippen LogP contribution in [-0.4, -0.2) is 64.6 Å². The second kappa shape index (κ2) is 57.7. The van der Waals surface area contributed by atoms with Crippen LogP contribution in [0.2, 0.25) is 0 Å². The topological polar surface area (TPSA) is 145 Å². The Morgan fingerprint density at radius 2 is 0.402 bits per heavy atom. The normalized spacial score (nSPS) is 13.8. The second-order valence-corrected chi connectivity index (χ2v) is 29.9. The summed E-state index contributed by atoms with van der Waals surface area (Å²) in [7, 11) is 0. The van der Waals surface area contributed by atoms with E-state index >= 15 is 0 Å². The zero-order valence-corrected chi connectivity index (χ0v) is 60.2. The van der Waals surface area contributed by atoms with Gasteiger partial charge in [0, 0.05) is 0 Å². The van der Waals surface area contributed by atoms with Gasteiger partial charge in [0.2, 0.25) is 0 Å². The third kappa shape index (κ3) is 42.6. The molecule has 0 aliphatic rings. The Kier molecular flexibility index (Phi) is 55.0. The Labute approximate surface area is 546 Å². The number of carbonyl (C=O) groups excluding carboxylic acids is 3. The van der Waals surface area contributed by atoms with Crippen LogP contribution in [0.5, 0.6) is 0 Å². The van der Waals surface area contributed by atoms with Gasteiger partial charge in [-0.3, -0.25) is 14.4 Å². The summed E-state index contributed by atoms with van der Waals surface area (Å²) in [5.41, 5.74) is -3.32. The van der Waals surface area contributed by atoms with Gasteiger partial charge in [0.15, 0.2) is 18.7 Å². The van der Waals surface area contributed by atoms with Crippen LogP contribution >= 0.6 is 35.3 Å². The van der Waals surface area contributed by atoms with E-state index in [9.17, 15) is 28.8 Å². The molecule has 0 fully saturated rings. The number of esters is 3. The predicted octanol–water partition coefficient (Wildman–Crippen LogP) is 21.5. The maximum Gasteiger partial charge on any atom is 0.342 e. The number of hydrogen-bond donors (Lipinski definition) is 0. The van der Waals surface area contributed by atoms with Crippen LogP contribution < -0.4 is 17.1 Å². The van der Waals surface area contributed by atoms with Crippen molar-refractivity contribution in [2.75, 3.05) is 17.3 Å². The summed E-state index contributed by atoms with van der Waals surface area (Å²) in [6.45, 7) is 16.2. The van der Waals surface area contributed by atoms with Gasteiger partial charge in [-0.05, 0) is 78.1 Å². The maximum absolute atomic E-state index is 14.3. The van der Waals surface area contributed by atoms with Crippen molar-refractivity contribution in [3.8, 4) is 0 Å². The molecular weight excluding hydrogens is 1150 g/mol. The van der Waals surface area contributed by atoms with Gasteiger partial charge in [-0.1, -0.05) is 310 Å². The fraction of sp³-hybridized carbons (Fsp3) is 0.917. The van der Waals surface area contributed by atoms with Crippen molar-refractivity contribution in [1.29, 1.82) is 0 Å². The SMILES string of the molecule is CCCCCCCCCCCCCCCCCCSC(C)C(=O)OC(C)n1c(=O)n(C(C)OC(=O)C(C)SCCCCCCCCCCCCCCCCCC)c(=O)n(C(C)OC(=O)C(C)SCCCCCCCCCCCCCCCCCC)c1=O. The van der Waals surface area contributed by atoms with Crippen molar-refractivity contribution in [1.82, 2.24) is 13.7 Å². The molecule has 0 N–H and O–H groups in total. The van der Waals surface area contributed by atoms with Crippen molar-refractivity contribution in [3.63, 3.8) is 0 Å². The van der Waals surface area contributed by atoms with Crippen LogP contribution in [0.1, 0.15) is 389 Å². The summed E-state index contributed by atoms with van der Waals surface area (Å²) in [6, 6.07) is 0. The molecule has 0 aliphatic heterocycles. The lowest BCUT2D eigenvalue weighted by Gasteiger charge is -2.25. The molecule has 0 bridgehead atoms. The number of thioether (sulfide) groups is 3. The van der Waals surface area contributed by atoms with E-state index in [-0.39, 0.29) is 0 Å². The van der Waals surface area contributed by atoms with Gasteiger partial charge in [0.25, 0.3) is 0 Å². The van der Waals surface area contributed by atoms with E-state index in [2.05, 4.69) is 20.8 Å². The van der Waals surface area contributed by atoms with Gasteiger partial charge in [-0.2, -0.15) is 0 Å². The molecule has 0 saturated heterocycles. The van der Waals surface area contributed by atoms with E-state index in [1.807, 2.05) is 0 Å². The maximum atomic E-state index is 14.3. The highest BCUT2D eigenvalue weighted by atomic mass is 32.2. The van der Waals surface area contributed by atoms with Gasteiger partial charge >= 0.3 is 35.0 Å². The Balaban J connectivity index is 2.84. The number of ether oxygens (including phenoxy) is 3. The smallest absolute Gasteiger partial charge is 0.342 e. The Bertz CT molecular complexity index is 1750. The number of carbonyl (C=O) groups is 3. The first-order valence-corrected chi connectivity index (χ1v) is 39.8. The molecule has 12 nitrogen and oxygen atoms in total. The lowest BCUT2D eigenvalue weighted by molar-refractivity contribution is -0.153. The molecule has 1 aromatic heterocycles. The van der Waals surface area contributed by atoms with Gasteiger partial charge in [0.05, 0.1) is 15.7 Å². The van der Waals surface area contributed by atoms with Crippen LogP contribution in [0, 0.1) is 0 Å². The van der Waals surface area contributed by atoms with E-state index < -0.39 is 69.4 Å². The van der Waals surface area contributed by atoms with Gasteiger partial charge in [-0.25, -0.2) is 28.1 Å². The van der Waals surface area contributed by atoms with Gasteiger partial charge in [-0.15, -0.1) is 35.3 Å². The highest BCUT2D eigenvalue weighted by molar-refractivity contribution is 8.01. The van der Waals surface area contributed by atoms with E-state index in [1.54, 1.807) is 20.8 Å². The molecule has 0 aromatic carbocycles. The molecule has 0 saturated carbocycles. The zero-order chi connectivity index (χ0) is 64.0. The molecule has 0 aliphatic carbocycles. The summed E-state index contributed by atoms with van der Waals surface area (Å²) in [4.78, 5) is 83.6. The molecule has 15 heteroatoms. The Morgan fingerprint density at radius 3 is 0.552 bits per heavy atom. The van der Waals surface area contributed by atoms with Crippen molar-refractivity contribution in [2.45, 2.75) is 405 Å². The molecule has 87 heavy (non-hydrogen) atoms. The average molecular weight is 1280 g/mol. The highest BCUT2D eigenvalue weighted by Gasteiger charge is 2.31. The zero-order valence-electron chi connectivity index (χ0n) is 57.8. The molecule has 0 radical (unpaired) electrons. The van der Waals surface area contributed by atoms with Crippen LogP contribution in [0.3, 0.4) is 0 Å². The van der Waals surface area contributed by atoms with Gasteiger partial charge < -0.3 is 14.2 Å². The monoisotopic (exact) mass is 1280 g/mol. The number of aromatic nitrogens is 3. The summed E-state index contributed by atoms with van der Waals surface area (Å²) in [5.74, 6) is 0.466. The van der Waals surface area contributed by atoms with E-state index in [0.29, 0.717) is 13.7 Å². The molecule has 0 amide bonds. The Morgan fingerprint density at radius 1 is 0.264 bits per heavy atom. The standard InChI is InChI=1S/C72H135N3O9S3/c1-10-13-16-19-22-25-28-31-34-37-40-43-46-49-52-55-58-85-61(4)67(76)82-64(7)73-70(79)74(65(8)83-68(77)62(5)86-59-56-53-50-47-44-41-38-35-32-29-26-23-20-17-14-11-2)72(81)75(71(73)80)66(9)84-69(78)63(6)87-60-57-54-51-48-45-42-39-36-33-30-27-24-21-18-15-12-3/h61-66H,10-60H2,1-9H3. The van der Waals surface area contributed by atoms with Crippen molar-refractivity contribution in [2.24, 2.45) is 0 Å². The third-order valence-corrected chi connectivity index (χ3v) is 20.9. The van der Waals surface area contributed by atoms with Gasteiger partial charge in [0.1, 0.15) is 0 Å². The first-order valence-electron chi connectivity index (χ1n) is 36.7. The largest absolute Gasteiger partial charge is 0.440 e. The fourth-order valence-corrected chi connectivity index (χ4v) is 14.2. The highest BCUT2D eigenvalue weighted by Crippen LogP contribution is 2.23. The second-order valence-electron chi connectivity index (χ2n) is 25.5. The lowest BCUT2D eigenvalue weighted by atomic mass is 10.0. The minimum atomic E-state index is -1.44. The molecule has 1 heterocycles. The van der Waals surface area contributed by atoms with Crippen molar-refractivity contribution < 1.29 is 28.6 Å². The summed E-state index contributed by atoms with van der Waals surface area (Å²) < 4.78 is 19.4. The van der Waals surface area contributed by atoms with Crippen molar-refractivity contribution in [3.05, 3.63) is 31.5 Å². The number of rotatable bonds is 63. The van der Waals surface area contributed by atoms with Crippen molar-refractivity contribution >= 4 is 53.2 Å². The summed E-state index contributed by atoms with van der Waals surface area (Å²) in [5, 5.41) is -1.74. The quantitative estimate of drug-likeness (QED) is 0.0348. The summed E-state index contributed by atoms with van der Waals surface area (Å²) >= 11 is 4.40. The third-order valence-electron chi connectivity index (χ3n) is 17.3. The first-order chi connectivity index (χ1) is 42.2. The molecule has 1 aromatic rings. The predicted molar refractivity (Wildman–Crippen MR) is 376 cm³/mol. The summed E-state index contributed by atoms with van der Waals surface area (Å²) in [6.07, 6.45) is 57.4. The minimum Gasteiger partial charge on any atom is -0.440 e. The molecule has 0 spiro atoms. The Hall–Kier alpha value is -2.13. The van der Waals surface area contributed by atoms with Crippen LogP contribution in [0.25, 0.3) is 0 Å². The number of nitrogens with zero attached hydrogens (tertiary/aromatic N) is 3. The van der Waals surface area contributed by atoms with Crippen LogP contribution in [0.4, 0.5) is 0 Å². The van der Waals surface area contributed by atoms with E-state index in [0.717, 1.165) is 75.0 Å². The molecule has 6 atom stereocenters. The fourth-order valence-electron chi connectivity index (χ4n) is 11.4. The lowest BCUT2D eigenvalue weighted by Crippen LogP contribution is -2.57. The molecule has 6 unspecified atom stereocenters. The van der Waals surface area contributed by atoms with E-state index in [1.165, 1.54) is 306 Å². The molecule has 510 valence electrons. The van der Waals surface area contributed by atoms with E-state index in [4.69, 9.17) is 14.2 Å². The number of unbranched alkanes of at least 4 members (excludes halogenated alkanes) is 45. The average Bonchev–Trinajstić information content (AvgIpc) is 0.999. The minimum absolute atomic E-state index is 0.580. The number of hydrogen-bond acceptors (Lipinski definition) is 12. The first kappa shape index (κ1) is 82.9. The molecular formula is C72H135N3O9S3.